The fourth-order valence-electron chi connectivity index (χ4n) is 2.55. The third kappa shape index (κ3) is 12.0. The van der Waals surface area contributed by atoms with E-state index in [0.717, 1.165) is 48.4 Å². The van der Waals surface area contributed by atoms with Crippen molar-refractivity contribution < 1.29 is 19.1 Å². The first-order valence-electron chi connectivity index (χ1n) is 10.6. The van der Waals surface area contributed by atoms with Gasteiger partial charge in [-0.1, -0.05) is 19.3 Å². The Morgan fingerprint density at radius 3 is 1.80 bits per heavy atom. The van der Waals surface area contributed by atoms with E-state index in [1.165, 1.54) is 4.90 Å². The highest BCUT2D eigenvalue weighted by atomic mass is 32.2. The van der Waals surface area contributed by atoms with Gasteiger partial charge in [0.1, 0.15) is 11.2 Å². The van der Waals surface area contributed by atoms with Crippen molar-refractivity contribution in [3.8, 4) is 0 Å². The second-order valence-corrected chi connectivity index (χ2v) is 10.5. The van der Waals surface area contributed by atoms with Gasteiger partial charge in [0.05, 0.1) is 0 Å². The molecule has 30 heavy (non-hydrogen) atoms. The number of unbranched alkanes of at least 4 members (excludes halogenated alkanes) is 4. The monoisotopic (exact) mass is 438 g/mol. The SMILES string of the molecule is CC(C)(C)OC(=O)N(CCCCCCCSc1ccc(N)cc1)C(=O)OC(C)(C)C. The van der Waals surface area contributed by atoms with Crippen LogP contribution in [0, 0.1) is 0 Å². The number of ether oxygens (including phenoxy) is 2. The molecule has 1 aromatic rings. The molecule has 0 aliphatic carbocycles. The molecule has 7 heteroatoms. The van der Waals surface area contributed by atoms with E-state index in [0.29, 0.717) is 6.54 Å². The van der Waals surface area contributed by atoms with Gasteiger partial charge in [0, 0.05) is 17.1 Å². The maximum absolute atomic E-state index is 12.4. The van der Waals surface area contributed by atoms with Gasteiger partial charge in [-0.3, -0.25) is 0 Å². The van der Waals surface area contributed by atoms with Crippen LogP contribution in [0.2, 0.25) is 0 Å². The fourth-order valence-corrected chi connectivity index (χ4v) is 3.46. The van der Waals surface area contributed by atoms with Crippen molar-refractivity contribution in [2.24, 2.45) is 0 Å². The van der Waals surface area contributed by atoms with Gasteiger partial charge in [0.2, 0.25) is 0 Å². The molecule has 0 fully saturated rings. The van der Waals surface area contributed by atoms with Crippen molar-refractivity contribution in [1.29, 1.82) is 0 Å². The molecule has 1 rings (SSSR count). The summed E-state index contributed by atoms with van der Waals surface area (Å²) in [5.41, 5.74) is 5.15. The van der Waals surface area contributed by atoms with E-state index >= 15 is 0 Å². The molecule has 0 saturated carbocycles. The number of thioether (sulfide) groups is 1. The Labute approximate surface area is 185 Å². The van der Waals surface area contributed by atoms with E-state index < -0.39 is 23.4 Å². The van der Waals surface area contributed by atoms with Crippen LogP contribution in [-0.4, -0.2) is 40.6 Å². The van der Waals surface area contributed by atoms with Gasteiger partial charge in [-0.05, 0) is 84.4 Å². The average molecular weight is 439 g/mol. The summed E-state index contributed by atoms with van der Waals surface area (Å²) in [5.74, 6) is 1.06. The molecule has 0 bridgehead atoms. The first-order chi connectivity index (χ1) is 13.9. The minimum Gasteiger partial charge on any atom is -0.443 e. The van der Waals surface area contributed by atoms with Crippen LogP contribution in [0.3, 0.4) is 0 Å². The van der Waals surface area contributed by atoms with Crippen LogP contribution in [0.25, 0.3) is 0 Å². The van der Waals surface area contributed by atoms with Crippen molar-refractivity contribution >= 4 is 29.6 Å². The number of benzene rings is 1. The maximum atomic E-state index is 12.4. The summed E-state index contributed by atoms with van der Waals surface area (Å²) in [5, 5.41) is 0. The molecule has 6 nitrogen and oxygen atoms in total. The Hall–Kier alpha value is -1.89. The molecule has 0 heterocycles. The second kappa shape index (κ2) is 12.1. The van der Waals surface area contributed by atoms with Crippen molar-refractivity contribution in [1.82, 2.24) is 4.90 Å². The van der Waals surface area contributed by atoms with Crippen LogP contribution < -0.4 is 5.73 Å². The number of carbonyl (C=O) groups excluding carboxylic acids is 2. The van der Waals surface area contributed by atoms with E-state index in [-0.39, 0.29) is 0 Å². The van der Waals surface area contributed by atoms with Crippen LogP contribution in [-0.2, 0) is 9.47 Å². The predicted octanol–water partition coefficient (Wildman–Crippen LogP) is 6.48. The van der Waals surface area contributed by atoms with Crippen molar-refractivity contribution in [3.63, 3.8) is 0 Å². The number of hydrogen-bond acceptors (Lipinski definition) is 6. The molecule has 1 aromatic carbocycles. The molecule has 0 radical (unpaired) electrons. The molecule has 0 unspecified atom stereocenters. The molecule has 0 atom stereocenters. The number of imide groups is 1. The molecule has 0 aliphatic rings. The highest BCUT2D eigenvalue weighted by Gasteiger charge is 2.30. The van der Waals surface area contributed by atoms with Gasteiger partial charge in [-0.2, -0.15) is 0 Å². The lowest BCUT2D eigenvalue weighted by Gasteiger charge is -2.28. The number of rotatable bonds is 9. The van der Waals surface area contributed by atoms with E-state index in [1.54, 1.807) is 41.5 Å². The van der Waals surface area contributed by atoms with Crippen LogP contribution in [0.1, 0.15) is 73.6 Å². The van der Waals surface area contributed by atoms with E-state index in [2.05, 4.69) is 0 Å². The molecule has 0 saturated heterocycles. The zero-order valence-electron chi connectivity index (χ0n) is 19.3. The molecular formula is C23H38N2O4S. The number of nitrogens with zero attached hydrogens (tertiary/aromatic N) is 1. The van der Waals surface area contributed by atoms with Gasteiger partial charge in [-0.25, -0.2) is 14.5 Å². The quantitative estimate of drug-likeness (QED) is 0.270. The van der Waals surface area contributed by atoms with Gasteiger partial charge in [0.15, 0.2) is 0 Å². The highest BCUT2D eigenvalue weighted by molar-refractivity contribution is 7.99. The molecule has 0 aliphatic heterocycles. The predicted molar refractivity (Wildman–Crippen MR) is 124 cm³/mol. The summed E-state index contributed by atoms with van der Waals surface area (Å²) >= 11 is 1.83. The number of amides is 2. The van der Waals surface area contributed by atoms with Crippen molar-refractivity contribution in [3.05, 3.63) is 24.3 Å². The zero-order chi connectivity index (χ0) is 22.8. The van der Waals surface area contributed by atoms with Gasteiger partial charge >= 0.3 is 12.2 Å². The first kappa shape index (κ1) is 26.1. The maximum Gasteiger partial charge on any atom is 0.419 e. The van der Waals surface area contributed by atoms with Crippen LogP contribution >= 0.6 is 11.8 Å². The third-order valence-electron chi connectivity index (χ3n) is 3.90. The Morgan fingerprint density at radius 1 is 0.833 bits per heavy atom. The lowest BCUT2D eigenvalue weighted by atomic mass is 10.1. The number of nitrogens with two attached hydrogens (primary N) is 1. The fraction of sp³-hybridized carbons (Fsp3) is 0.652. The first-order valence-corrected chi connectivity index (χ1v) is 11.6. The third-order valence-corrected chi connectivity index (χ3v) is 5.00. The standard InChI is InChI=1S/C23H38N2O4S/c1-22(2,3)28-20(26)25(21(27)29-23(4,5)6)16-10-8-7-9-11-17-30-19-14-12-18(24)13-15-19/h12-15H,7-11,16-17,24H2,1-6H3. The van der Waals surface area contributed by atoms with E-state index in [4.69, 9.17) is 15.2 Å². The minimum atomic E-state index is -0.667. The summed E-state index contributed by atoms with van der Waals surface area (Å²) in [4.78, 5) is 27.2. The number of hydrogen-bond donors (Lipinski definition) is 1. The molecule has 2 N–H and O–H groups in total. The minimum absolute atomic E-state index is 0.296. The normalized spacial score (nSPS) is 11.8. The van der Waals surface area contributed by atoms with Crippen LogP contribution in [0.5, 0.6) is 0 Å². The Morgan fingerprint density at radius 2 is 1.30 bits per heavy atom. The summed E-state index contributed by atoms with van der Waals surface area (Å²) in [7, 11) is 0. The lowest BCUT2D eigenvalue weighted by molar-refractivity contribution is 0.00118. The summed E-state index contributed by atoms with van der Waals surface area (Å²) in [6, 6.07) is 7.93. The van der Waals surface area contributed by atoms with E-state index in [1.807, 2.05) is 36.0 Å². The van der Waals surface area contributed by atoms with Crippen LogP contribution in [0.15, 0.2) is 29.2 Å². The number of anilines is 1. The van der Waals surface area contributed by atoms with Gasteiger partial charge in [-0.15, -0.1) is 11.8 Å². The van der Waals surface area contributed by atoms with Crippen molar-refractivity contribution in [2.45, 2.75) is 89.7 Å². The summed E-state index contributed by atoms with van der Waals surface area (Å²) in [6.45, 7) is 11.0. The molecule has 0 spiro atoms. The topological polar surface area (TPSA) is 81.9 Å². The van der Waals surface area contributed by atoms with E-state index in [9.17, 15) is 9.59 Å². The smallest absolute Gasteiger partial charge is 0.419 e. The summed E-state index contributed by atoms with van der Waals surface area (Å²) in [6.07, 6.45) is 3.64. The van der Waals surface area contributed by atoms with Crippen LogP contribution in [0.4, 0.5) is 15.3 Å². The Balaban J connectivity index is 2.35. The van der Waals surface area contributed by atoms with Gasteiger partial charge < -0.3 is 15.2 Å². The average Bonchev–Trinajstić information content (AvgIpc) is 2.58. The van der Waals surface area contributed by atoms with Crippen molar-refractivity contribution in [2.75, 3.05) is 18.0 Å². The summed E-state index contributed by atoms with van der Waals surface area (Å²) < 4.78 is 10.7. The lowest BCUT2D eigenvalue weighted by Crippen LogP contribution is -2.44. The number of nitrogen functional groups attached to an aromatic ring is 1. The van der Waals surface area contributed by atoms with Gasteiger partial charge in [0.25, 0.3) is 0 Å². The zero-order valence-corrected chi connectivity index (χ0v) is 20.1. The molecular weight excluding hydrogens is 400 g/mol. The molecule has 2 amide bonds. The highest BCUT2D eigenvalue weighted by Crippen LogP contribution is 2.21. The Bertz CT molecular complexity index is 635. The second-order valence-electron chi connectivity index (χ2n) is 9.30. The Kier molecular flexibility index (Phi) is 10.5. The molecule has 0 aromatic heterocycles. The largest absolute Gasteiger partial charge is 0.443 e. The number of carbonyl (C=O) groups is 2. The molecule has 170 valence electrons.